The molecular formula is C15H20ClFO3S. The van der Waals surface area contributed by atoms with E-state index >= 15 is 0 Å². The van der Waals surface area contributed by atoms with Gasteiger partial charge < -0.3 is 5.11 Å². The van der Waals surface area contributed by atoms with Gasteiger partial charge in [0.1, 0.15) is 5.82 Å². The zero-order chi connectivity index (χ0) is 15.7. The minimum Gasteiger partial charge on any atom is -0.389 e. The van der Waals surface area contributed by atoms with Crippen molar-refractivity contribution in [2.24, 2.45) is 5.92 Å². The Labute approximate surface area is 130 Å². The second kappa shape index (κ2) is 6.23. The van der Waals surface area contributed by atoms with E-state index in [1.807, 2.05) is 0 Å². The van der Waals surface area contributed by atoms with Crippen LogP contribution in [0.4, 0.5) is 4.39 Å². The highest BCUT2D eigenvalue weighted by molar-refractivity contribution is 7.90. The number of aliphatic hydroxyl groups is 1. The predicted molar refractivity (Wildman–Crippen MR) is 81.5 cm³/mol. The van der Waals surface area contributed by atoms with Crippen molar-refractivity contribution in [3.05, 3.63) is 34.6 Å². The molecule has 0 radical (unpaired) electrons. The lowest BCUT2D eigenvalue weighted by Gasteiger charge is -2.34. The van der Waals surface area contributed by atoms with Gasteiger partial charge in [-0.3, -0.25) is 0 Å². The van der Waals surface area contributed by atoms with E-state index in [-0.39, 0.29) is 16.5 Å². The minimum atomic E-state index is -3.50. The summed E-state index contributed by atoms with van der Waals surface area (Å²) in [6.07, 6.45) is 2.68. The summed E-state index contributed by atoms with van der Waals surface area (Å²) in [5.74, 6) is -0.509. The molecule has 21 heavy (non-hydrogen) atoms. The molecular weight excluding hydrogens is 315 g/mol. The van der Waals surface area contributed by atoms with Crippen molar-refractivity contribution in [3.63, 3.8) is 0 Å². The summed E-state index contributed by atoms with van der Waals surface area (Å²) in [6.45, 7) is 2.10. The third-order valence-corrected chi connectivity index (χ3v) is 6.16. The van der Waals surface area contributed by atoms with E-state index in [1.165, 1.54) is 12.1 Å². The van der Waals surface area contributed by atoms with Crippen LogP contribution in [0.2, 0.25) is 5.02 Å². The molecule has 1 saturated carbocycles. The van der Waals surface area contributed by atoms with Gasteiger partial charge in [-0.15, -0.1) is 0 Å². The van der Waals surface area contributed by atoms with Gasteiger partial charge in [0.2, 0.25) is 0 Å². The Morgan fingerprint density at radius 1 is 1.38 bits per heavy atom. The molecule has 6 heteroatoms. The number of halogens is 2. The number of benzene rings is 1. The highest BCUT2D eigenvalue weighted by Gasteiger charge is 2.36. The van der Waals surface area contributed by atoms with Crippen LogP contribution < -0.4 is 0 Å². The van der Waals surface area contributed by atoms with Crippen LogP contribution in [0.5, 0.6) is 0 Å². The first-order chi connectivity index (χ1) is 9.69. The van der Waals surface area contributed by atoms with E-state index in [0.717, 1.165) is 18.9 Å². The van der Waals surface area contributed by atoms with Crippen molar-refractivity contribution in [3.8, 4) is 0 Å². The van der Waals surface area contributed by atoms with Crippen LogP contribution >= 0.6 is 11.6 Å². The fourth-order valence-corrected chi connectivity index (χ4v) is 5.03. The van der Waals surface area contributed by atoms with Crippen LogP contribution in [0.3, 0.4) is 0 Å². The number of hydrogen-bond donors (Lipinski definition) is 1. The molecule has 0 amide bonds. The van der Waals surface area contributed by atoms with E-state index in [0.29, 0.717) is 24.3 Å². The monoisotopic (exact) mass is 334 g/mol. The second-order valence-electron chi connectivity index (χ2n) is 6.17. The molecule has 1 aromatic carbocycles. The first kappa shape index (κ1) is 16.7. The highest BCUT2D eigenvalue weighted by Crippen LogP contribution is 2.33. The Kier molecular flexibility index (Phi) is 4.96. The topological polar surface area (TPSA) is 54.4 Å². The molecule has 1 aromatic rings. The maximum absolute atomic E-state index is 13.0. The molecule has 2 rings (SSSR count). The fourth-order valence-electron chi connectivity index (χ4n) is 2.78. The van der Waals surface area contributed by atoms with Gasteiger partial charge in [-0.05, 0) is 49.3 Å². The van der Waals surface area contributed by atoms with Crippen LogP contribution in [0.25, 0.3) is 0 Å². The molecule has 1 aliphatic rings. The van der Waals surface area contributed by atoms with E-state index < -0.39 is 21.3 Å². The average Bonchev–Trinajstić information content (AvgIpc) is 2.36. The van der Waals surface area contributed by atoms with Crippen molar-refractivity contribution in [2.45, 2.75) is 44.0 Å². The maximum Gasteiger partial charge on any atom is 0.157 e. The zero-order valence-electron chi connectivity index (χ0n) is 12.0. The van der Waals surface area contributed by atoms with E-state index in [4.69, 9.17) is 11.6 Å². The zero-order valence-corrected chi connectivity index (χ0v) is 13.6. The van der Waals surface area contributed by atoms with E-state index in [1.54, 1.807) is 0 Å². The molecule has 0 aromatic heterocycles. The van der Waals surface area contributed by atoms with E-state index in [9.17, 15) is 17.9 Å². The van der Waals surface area contributed by atoms with Crippen LogP contribution in [-0.4, -0.2) is 24.9 Å². The molecule has 0 atom stereocenters. The predicted octanol–water partition coefficient (Wildman–Crippen LogP) is 3.34. The summed E-state index contributed by atoms with van der Waals surface area (Å²) < 4.78 is 37.5. The molecule has 1 aliphatic carbocycles. The van der Waals surface area contributed by atoms with Crippen LogP contribution in [0.15, 0.2) is 18.2 Å². The van der Waals surface area contributed by atoms with Gasteiger partial charge in [0, 0.05) is 5.02 Å². The largest absolute Gasteiger partial charge is 0.389 e. The number of rotatable bonds is 4. The summed E-state index contributed by atoms with van der Waals surface area (Å²) in [6, 6.07) is 3.67. The molecule has 0 bridgehead atoms. The third-order valence-electron chi connectivity index (χ3n) is 4.08. The third kappa shape index (κ3) is 4.66. The Morgan fingerprint density at radius 2 is 2.00 bits per heavy atom. The molecule has 3 nitrogen and oxygen atoms in total. The van der Waals surface area contributed by atoms with Gasteiger partial charge >= 0.3 is 0 Å². The Bertz CT molecular complexity index is 607. The lowest BCUT2D eigenvalue weighted by atomic mass is 9.81. The maximum atomic E-state index is 13.0. The Hall–Kier alpha value is -0.650. The van der Waals surface area contributed by atoms with E-state index in [2.05, 4.69) is 6.92 Å². The molecule has 0 unspecified atom stereocenters. The summed E-state index contributed by atoms with van der Waals surface area (Å²) in [5.41, 5.74) is -0.774. The van der Waals surface area contributed by atoms with Gasteiger partial charge in [-0.25, -0.2) is 12.8 Å². The van der Waals surface area contributed by atoms with Gasteiger partial charge in [0.25, 0.3) is 0 Å². The average molecular weight is 335 g/mol. The van der Waals surface area contributed by atoms with Gasteiger partial charge in [0.05, 0.1) is 17.1 Å². The van der Waals surface area contributed by atoms with Gasteiger partial charge in [0.15, 0.2) is 9.84 Å². The normalized spacial score (nSPS) is 26.8. The molecule has 1 N–H and O–H groups in total. The minimum absolute atomic E-state index is 0.0998. The standard InChI is InChI=1S/C15H20ClFO3S/c1-11-4-6-15(18,7-5-11)10-21(19,20)9-12-2-3-13(17)8-14(12)16/h2-3,8,11,18H,4-7,9-10H2,1H3. The van der Waals surface area contributed by atoms with Gasteiger partial charge in [-0.2, -0.15) is 0 Å². The fraction of sp³-hybridized carbons (Fsp3) is 0.600. The molecule has 0 spiro atoms. The highest BCUT2D eigenvalue weighted by atomic mass is 35.5. The van der Waals surface area contributed by atoms with Crippen LogP contribution in [0, 0.1) is 11.7 Å². The summed E-state index contributed by atoms with van der Waals surface area (Å²) >= 11 is 5.87. The molecule has 118 valence electrons. The lowest BCUT2D eigenvalue weighted by molar-refractivity contribution is 0.0135. The lowest BCUT2D eigenvalue weighted by Crippen LogP contribution is -2.40. The molecule has 0 saturated heterocycles. The van der Waals surface area contributed by atoms with Crippen molar-refractivity contribution in [1.82, 2.24) is 0 Å². The van der Waals surface area contributed by atoms with Crippen LogP contribution in [-0.2, 0) is 15.6 Å². The van der Waals surface area contributed by atoms with Gasteiger partial charge in [-0.1, -0.05) is 24.6 Å². The summed E-state index contributed by atoms with van der Waals surface area (Å²) in [4.78, 5) is 0. The quantitative estimate of drug-likeness (QED) is 0.918. The molecule has 0 heterocycles. The van der Waals surface area contributed by atoms with Crippen LogP contribution in [0.1, 0.15) is 38.2 Å². The first-order valence-electron chi connectivity index (χ1n) is 7.06. The van der Waals surface area contributed by atoms with Crippen molar-refractivity contribution in [1.29, 1.82) is 0 Å². The van der Waals surface area contributed by atoms with Crippen molar-refractivity contribution < 1.29 is 17.9 Å². The summed E-state index contributed by atoms with van der Waals surface area (Å²) in [5, 5.41) is 10.5. The Balaban J connectivity index is 2.08. The smallest absolute Gasteiger partial charge is 0.157 e. The van der Waals surface area contributed by atoms with Crippen molar-refractivity contribution >= 4 is 21.4 Å². The Morgan fingerprint density at radius 3 is 2.57 bits per heavy atom. The number of sulfone groups is 1. The SMILES string of the molecule is CC1CCC(O)(CS(=O)(=O)Cc2ccc(F)cc2Cl)CC1. The number of hydrogen-bond acceptors (Lipinski definition) is 3. The molecule has 0 aliphatic heterocycles. The van der Waals surface area contributed by atoms with Crippen molar-refractivity contribution in [2.75, 3.05) is 5.75 Å². The second-order valence-corrected chi connectivity index (χ2v) is 8.65. The molecule has 1 fully saturated rings. The first-order valence-corrected chi connectivity index (χ1v) is 9.26. The summed E-state index contributed by atoms with van der Waals surface area (Å²) in [7, 11) is -3.50.